The average Bonchev–Trinajstić information content (AvgIpc) is 2.52. The molecule has 2 aromatic carbocycles. The molecule has 0 amide bonds. The van der Waals surface area contributed by atoms with Crippen molar-refractivity contribution < 1.29 is 18.8 Å². The molecule has 0 saturated carbocycles. The van der Waals surface area contributed by atoms with E-state index in [0.717, 1.165) is 18.7 Å². The fourth-order valence-corrected chi connectivity index (χ4v) is 2.11. The van der Waals surface area contributed by atoms with Gasteiger partial charge in [-0.25, -0.2) is 9.18 Å². The number of nitrogen functional groups attached to an aromatic ring is 1. The Balaban J connectivity index is 2.62. The summed E-state index contributed by atoms with van der Waals surface area (Å²) in [5.74, 6) is -1.83. The number of benzene rings is 2. The summed E-state index contributed by atoms with van der Waals surface area (Å²) >= 11 is 0. The molecule has 6 nitrogen and oxygen atoms in total. The smallest absolute Gasteiger partial charge is 0.338 e. The molecule has 0 aliphatic heterocycles. The van der Waals surface area contributed by atoms with Crippen molar-refractivity contribution in [3.8, 4) is 0 Å². The first kappa shape index (κ1) is 15.4. The Bertz CT molecular complexity index is 732. The van der Waals surface area contributed by atoms with E-state index in [1.54, 1.807) is 30.3 Å². The van der Waals surface area contributed by atoms with Gasteiger partial charge in [-0.15, -0.1) is 0 Å². The van der Waals surface area contributed by atoms with Crippen LogP contribution in [0.3, 0.4) is 0 Å². The Morgan fingerprint density at radius 3 is 2.55 bits per heavy atom. The zero-order valence-corrected chi connectivity index (χ0v) is 11.7. The number of nitro benzene ring substituents is 1. The van der Waals surface area contributed by atoms with E-state index in [4.69, 9.17) is 5.73 Å². The maximum absolute atomic E-state index is 14.4. The van der Waals surface area contributed by atoms with Crippen molar-refractivity contribution in [3.63, 3.8) is 0 Å². The van der Waals surface area contributed by atoms with E-state index in [0.29, 0.717) is 0 Å². The van der Waals surface area contributed by atoms with E-state index in [9.17, 15) is 19.3 Å². The van der Waals surface area contributed by atoms with Gasteiger partial charge in [-0.3, -0.25) is 10.1 Å². The lowest BCUT2D eigenvalue weighted by atomic mass is 9.97. The fraction of sp³-hybridized carbons (Fsp3) is 0.133. The minimum absolute atomic E-state index is 0.0267. The maximum atomic E-state index is 14.4. The monoisotopic (exact) mass is 304 g/mol. The SMILES string of the molecule is COC(=O)c1cc([N+](=O)[O-])c(N)c(F)c1Cc1ccccc1. The number of hydrogen-bond donors (Lipinski definition) is 1. The van der Waals surface area contributed by atoms with Crippen LogP contribution in [-0.2, 0) is 11.2 Å². The highest BCUT2D eigenvalue weighted by molar-refractivity contribution is 5.93. The molecule has 0 atom stereocenters. The summed E-state index contributed by atoms with van der Waals surface area (Å²) < 4.78 is 19.0. The second-order valence-corrected chi connectivity index (χ2v) is 4.56. The molecule has 0 aliphatic carbocycles. The third-order valence-electron chi connectivity index (χ3n) is 3.21. The molecule has 2 N–H and O–H groups in total. The number of hydrogen-bond acceptors (Lipinski definition) is 5. The van der Waals surface area contributed by atoms with Crippen molar-refractivity contribution in [2.45, 2.75) is 6.42 Å². The standard InChI is InChI=1S/C15H13FN2O4/c1-22-15(19)11-8-12(18(20)21)14(17)13(16)10(11)7-9-5-3-2-4-6-9/h2-6,8H,7,17H2,1H3. The largest absolute Gasteiger partial charge is 0.465 e. The van der Waals surface area contributed by atoms with Crippen LogP contribution in [0.15, 0.2) is 36.4 Å². The molecule has 0 saturated heterocycles. The average molecular weight is 304 g/mol. The topological polar surface area (TPSA) is 95.5 Å². The van der Waals surface area contributed by atoms with Crippen molar-refractivity contribution in [1.29, 1.82) is 0 Å². The van der Waals surface area contributed by atoms with Crippen LogP contribution in [-0.4, -0.2) is 18.0 Å². The van der Waals surface area contributed by atoms with Crippen LogP contribution in [0.1, 0.15) is 21.5 Å². The maximum Gasteiger partial charge on any atom is 0.338 e. The molecule has 0 heterocycles. The van der Waals surface area contributed by atoms with Gasteiger partial charge in [0, 0.05) is 18.1 Å². The molecule has 0 spiro atoms. The Labute approximate surface area is 125 Å². The van der Waals surface area contributed by atoms with Crippen molar-refractivity contribution in [2.75, 3.05) is 12.8 Å². The van der Waals surface area contributed by atoms with E-state index < -0.39 is 28.1 Å². The lowest BCUT2D eigenvalue weighted by Gasteiger charge is -2.11. The molecule has 7 heteroatoms. The van der Waals surface area contributed by atoms with E-state index >= 15 is 0 Å². The number of esters is 1. The Hall–Kier alpha value is -2.96. The summed E-state index contributed by atoms with van der Waals surface area (Å²) in [5, 5.41) is 10.9. The highest BCUT2D eigenvalue weighted by Crippen LogP contribution is 2.31. The third-order valence-corrected chi connectivity index (χ3v) is 3.21. The Morgan fingerprint density at radius 2 is 2.00 bits per heavy atom. The zero-order valence-electron chi connectivity index (χ0n) is 11.7. The molecule has 0 bridgehead atoms. The van der Waals surface area contributed by atoms with Crippen molar-refractivity contribution >= 4 is 17.3 Å². The zero-order chi connectivity index (χ0) is 16.3. The van der Waals surface area contributed by atoms with Gasteiger partial charge in [0.2, 0.25) is 0 Å². The van der Waals surface area contributed by atoms with Gasteiger partial charge < -0.3 is 10.5 Å². The predicted molar refractivity (Wildman–Crippen MR) is 78.1 cm³/mol. The molecule has 0 unspecified atom stereocenters. The summed E-state index contributed by atoms with van der Waals surface area (Å²) in [6, 6.07) is 9.77. The molecule has 0 aliphatic rings. The number of nitrogens with zero attached hydrogens (tertiary/aromatic N) is 1. The highest BCUT2D eigenvalue weighted by Gasteiger charge is 2.26. The first-order valence-electron chi connectivity index (χ1n) is 6.33. The van der Waals surface area contributed by atoms with Crippen molar-refractivity contribution in [2.24, 2.45) is 0 Å². The minimum Gasteiger partial charge on any atom is -0.465 e. The van der Waals surface area contributed by atoms with Crippen LogP contribution >= 0.6 is 0 Å². The van der Waals surface area contributed by atoms with Crippen LogP contribution in [0.5, 0.6) is 0 Å². The Morgan fingerprint density at radius 1 is 1.36 bits per heavy atom. The molecule has 0 fully saturated rings. The number of carbonyl (C=O) groups excluding carboxylic acids is 1. The van der Waals surface area contributed by atoms with Gasteiger partial charge in [0.15, 0.2) is 5.82 Å². The second-order valence-electron chi connectivity index (χ2n) is 4.56. The number of nitro groups is 1. The van der Waals surface area contributed by atoms with Crippen LogP contribution in [0.2, 0.25) is 0 Å². The van der Waals surface area contributed by atoms with Crippen LogP contribution in [0.4, 0.5) is 15.8 Å². The fourth-order valence-electron chi connectivity index (χ4n) is 2.11. The van der Waals surface area contributed by atoms with Gasteiger partial charge in [-0.2, -0.15) is 0 Å². The van der Waals surface area contributed by atoms with E-state index in [2.05, 4.69) is 4.74 Å². The Kier molecular flexibility index (Phi) is 4.36. The minimum atomic E-state index is -0.974. The molecule has 0 radical (unpaired) electrons. The van der Waals surface area contributed by atoms with Crippen molar-refractivity contribution in [1.82, 2.24) is 0 Å². The van der Waals surface area contributed by atoms with Crippen LogP contribution in [0.25, 0.3) is 0 Å². The van der Waals surface area contributed by atoms with Gasteiger partial charge in [0.05, 0.1) is 17.6 Å². The molecule has 22 heavy (non-hydrogen) atoms. The number of ether oxygens (including phenoxy) is 1. The summed E-state index contributed by atoms with van der Waals surface area (Å²) in [4.78, 5) is 21.9. The van der Waals surface area contributed by atoms with E-state index in [1.807, 2.05) is 0 Å². The molecule has 114 valence electrons. The molecular formula is C15H13FN2O4. The third kappa shape index (κ3) is 2.88. The summed E-state index contributed by atoms with van der Waals surface area (Å²) in [6.07, 6.45) is 0.0688. The number of carbonyl (C=O) groups is 1. The molecule has 0 aromatic heterocycles. The lowest BCUT2D eigenvalue weighted by molar-refractivity contribution is -0.384. The second kappa shape index (κ2) is 6.21. The van der Waals surface area contributed by atoms with Gasteiger partial charge in [-0.1, -0.05) is 30.3 Å². The van der Waals surface area contributed by atoms with E-state index in [1.165, 1.54) is 0 Å². The van der Waals surface area contributed by atoms with Gasteiger partial charge in [-0.05, 0) is 5.56 Å². The number of halogens is 1. The van der Waals surface area contributed by atoms with Crippen LogP contribution in [0, 0.1) is 15.9 Å². The van der Waals surface area contributed by atoms with Gasteiger partial charge >= 0.3 is 5.97 Å². The van der Waals surface area contributed by atoms with Crippen molar-refractivity contribution in [3.05, 3.63) is 69.0 Å². The quantitative estimate of drug-likeness (QED) is 0.405. The van der Waals surface area contributed by atoms with E-state index in [-0.39, 0.29) is 17.5 Å². The van der Waals surface area contributed by atoms with Crippen LogP contribution < -0.4 is 5.73 Å². The van der Waals surface area contributed by atoms with Gasteiger partial charge in [0.25, 0.3) is 5.69 Å². The van der Waals surface area contributed by atoms with Gasteiger partial charge in [0.1, 0.15) is 5.69 Å². The number of methoxy groups -OCH3 is 1. The number of rotatable bonds is 4. The molecule has 2 aromatic rings. The normalized spacial score (nSPS) is 10.3. The summed E-state index contributed by atoms with van der Waals surface area (Å²) in [5.41, 5.74) is 4.73. The summed E-state index contributed by atoms with van der Waals surface area (Å²) in [6.45, 7) is 0. The molecule has 2 rings (SSSR count). The number of nitrogens with two attached hydrogens (primary N) is 1. The first-order chi connectivity index (χ1) is 10.5. The lowest BCUT2D eigenvalue weighted by Crippen LogP contribution is -2.12. The number of anilines is 1. The highest BCUT2D eigenvalue weighted by atomic mass is 19.1. The predicted octanol–water partition coefficient (Wildman–Crippen LogP) is 2.69. The first-order valence-corrected chi connectivity index (χ1v) is 6.33. The molecular weight excluding hydrogens is 291 g/mol. The summed E-state index contributed by atoms with van der Waals surface area (Å²) in [7, 11) is 1.12.